The standard InChI is InChI=1S/C25H19F3N4O2S/c26-15-9-18-19(12-30-23(18)29-10-15)22-6-4-16(35-22)11-31-24(33)17-2-1-7-32(25(17)34)13-14-3-5-20(27)21(28)8-14/h1-10,19H,11-13H2,(H,29,30)(H,31,33). The topological polar surface area (TPSA) is 76.0 Å². The zero-order chi connectivity index (χ0) is 24.5. The Balaban J connectivity index is 1.27. The van der Waals surface area contributed by atoms with Crippen molar-refractivity contribution < 1.29 is 18.0 Å². The van der Waals surface area contributed by atoms with Crippen molar-refractivity contribution in [2.45, 2.75) is 19.0 Å². The summed E-state index contributed by atoms with van der Waals surface area (Å²) in [6, 6.07) is 11.7. The fraction of sp³-hybridized carbons (Fsp3) is 0.160. The smallest absolute Gasteiger partial charge is 0.263 e. The predicted octanol–water partition coefficient (Wildman–Crippen LogP) is 4.26. The van der Waals surface area contributed by atoms with Gasteiger partial charge >= 0.3 is 0 Å². The number of rotatable bonds is 6. The van der Waals surface area contributed by atoms with Gasteiger partial charge in [0.25, 0.3) is 11.5 Å². The van der Waals surface area contributed by atoms with Gasteiger partial charge in [0.15, 0.2) is 11.6 Å². The number of halogens is 3. The number of nitrogens with one attached hydrogen (secondary N) is 2. The van der Waals surface area contributed by atoms with E-state index in [4.69, 9.17) is 0 Å². The number of carbonyl (C=O) groups is 1. The summed E-state index contributed by atoms with van der Waals surface area (Å²) in [6.07, 6.45) is 2.66. The largest absolute Gasteiger partial charge is 0.369 e. The molecule has 6 nitrogen and oxygen atoms in total. The van der Waals surface area contributed by atoms with Gasteiger partial charge < -0.3 is 15.2 Å². The quantitative estimate of drug-likeness (QED) is 0.418. The molecule has 10 heteroatoms. The van der Waals surface area contributed by atoms with Crippen molar-refractivity contribution in [1.29, 1.82) is 0 Å². The summed E-state index contributed by atoms with van der Waals surface area (Å²) in [5.74, 6) is -2.26. The molecule has 1 aliphatic rings. The summed E-state index contributed by atoms with van der Waals surface area (Å²) in [4.78, 5) is 31.5. The van der Waals surface area contributed by atoms with E-state index in [1.165, 1.54) is 46.5 Å². The SMILES string of the molecule is O=C(NCc1ccc(C2CNc3ncc(F)cc32)s1)c1cccn(Cc2ccc(F)c(F)c2)c1=O. The number of hydrogen-bond donors (Lipinski definition) is 2. The van der Waals surface area contributed by atoms with E-state index in [-0.39, 0.29) is 30.4 Å². The van der Waals surface area contributed by atoms with Crippen LogP contribution >= 0.6 is 11.3 Å². The second-order valence-corrected chi connectivity index (χ2v) is 9.31. The van der Waals surface area contributed by atoms with E-state index in [1.54, 1.807) is 6.07 Å². The van der Waals surface area contributed by atoms with Crippen LogP contribution in [0.15, 0.2) is 65.7 Å². The van der Waals surface area contributed by atoms with E-state index in [0.717, 1.165) is 27.5 Å². The predicted molar refractivity (Wildman–Crippen MR) is 126 cm³/mol. The molecule has 1 atom stereocenters. The third-order valence-corrected chi connectivity index (χ3v) is 6.98. The highest BCUT2D eigenvalue weighted by Gasteiger charge is 2.26. The monoisotopic (exact) mass is 496 g/mol. The molecule has 0 saturated heterocycles. The van der Waals surface area contributed by atoms with Gasteiger partial charge in [-0.25, -0.2) is 18.2 Å². The van der Waals surface area contributed by atoms with Crippen LogP contribution in [0, 0.1) is 17.5 Å². The minimum absolute atomic E-state index is 0.00219. The molecule has 2 N–H and O–H groups in total. The highest BCUT2D eigenvalue weighted by molar-refractivity contribution is 7.12. The van der Waals surface area contributed by atoms with Crippen LogP contribution < -0.4 is 16.2 Å². The van der Waals surface area contributed by atoms with E-state index in [0.29, 0.717) is 17.9 Å². The second kappa shape index (κ2) is 9.38. The van der Waals surface area contributed by atoms with Crippen molar-refractivity contribution in [1.82, 2.24) is 14.9 Å². The number of aromatic nitrogens is 2. The fourth-order valence-electron chi connectivity index (χ4n) is 4.04. The first-order valence-corrected chi connectivity index (χ1v) is 11.6. The molecule has 0 fully saturated rings. The van der Waals surface area contributed by atoms with Crippen LogP contribution in [0.3, 0.4) is 0 Å². The number of amides is 1. The molecule has 1 aromatic carbocycles. The zero-order valence-corrected chi connectivity index (χ0v) is 19.0. The lowest BCUT2D eigenvalue weighted by Gasteiger charge is -2.09. The van der Waals surface area contributed by atoms with Crippen molar-refractivity contribution in [2.75, 3.05) is 11.9 Å². The van der Waals surface area contributed by atoms with Gasteiger partial charge in [-0.3, -0.25) is 9.59 Å². The van der Waals surface area contributed by atoms with Gasteiger partial charge in [-0.1, -0.05) is 6.07 Å². The Morgan fingerprint density at radius 3 is 2.83 bits per heavy atom. The first kappa shape index (κ1) is 22.9. The Bertz CT molecular complexity index is 1480. The molecule has 0 radical (unpaired) electrons. The van der Waals surface area contributed by atoms with E-state index in [1.807, 2.05) is 12.1 Å². The Hall–Kier alpha value is -3.92. The number of benzene rings is 1. The van der Waals surface area contributed by atoms with Crippen LogP contribution in [0.25, 0.3) is 0 Å². The number of pyridine rings is 2. The van der Waals surface area contributed by atoms with E-state index >= 15 is 0 Å². The molecule has 4 aromatic rings. The highest BCUT2D eigenvalue weighted by atomic mass is 32.1. The maximum absolute atomic E-state index is 13.7. The average molecular weight is 497 g/mol. The molecule has 3 aromatic heterocycles. The third kappa shape index (κ3) is 4.69. The summed E-state index contributed by atoms with van der Waals surface area (Å²) < 4.78 is 41.6. The molecule has 1 unspecified atom stereocenters. The molecular weight excluding hydrogens is 477 g/mol. The van der Waals surface area contributed by atoms with Gasteiger partial charge in [-0.15, -0.1) is 11.3 Å². The molecule has 5 rings (SSSR count). The molecule has 1 aliphatic heterocycles. The van der Waals surface area contributed by atoms with Crippen LogP contribution in [-0.2, 0) is 13.1 Å². The molecule has 4 heterocycles. The second-order valence-electron chi connectivity index (χ2n) is 8.11. The van der Waals surface area contributed by atoms with Gasteiger partial charge in [-0.05, 0) is 48.0 Å². The van der Waals surface area contributed by atoms with Crippen molar-refractivity contribution in [3.63, 3.8) is 0 Å². The van der Waals surface area contributed by atoms with Gasteiger partial charge in [0.1, 0.15) is 17.2 Å². The Labute approximate surface area is 202 Å². The maximum atomic E-state index is 13.7. The van der Waals surface area contributed by atoms with Gasteiger partial charge in [-0.2, -0.15) is 0 Å². The minimum Gasteiger partial charge on any atom is -0.369 e. The number of anilines is 1. The summed E-state index contributed by atoms with van der Waals surface area (Å²) >= 11 is 1.49. The van der Waals surface area contributed by atoms with Crippen molar-refractivity contribution in [2.24, 2.45) is 0 Å². The summed E-state index contributed by atoms with van der Waals surface area (Å²) in [6.45, 7) is 0.826. The average Bonchev–Trinajstić information content (AvgIpc) is 3.47. The van der Waals surface area contributed by atoms with Crippen LogP contribution in [0.5, 0.6) is 0 Å². The summed E-state index contributed by atoms with van der Waals surface area (Å²) in [7, 11) is 0. The van der Waals surface area contributed by atoms with Crippen molar-refractivity contribution >= 4 is 23.1 Å². The maximum Gasteiger partial charge on any atom is 0.263 e. The van der Waals surface area contributed by atoms with Gasteiger partial charge in [0, 0.05) is 34.0 Å². The molecule has 178 valence electrons. The first-order valence-electron chi connectivity index (χ1n) is 10.8. The number of carbonyl (C=O) groups excluding carboxylic acids is 1. The minimum atomic E-state index is -1.00. The first-order chi connectivity index (χ1) is 16.9. The summed E-state index contributed by atoms with van der Waals surface area (Å²) in [5.41, 5.74) is 0.605. The number of thiophene rings is 1. The van der Waals surface area contributed by atoms with Crippen LogP contribution in [0.2, 0.25) is 0 Å². The molecule has 0 aliphatic carbocycles. The lowest BCUT2D eigenvalue weighted by molar-refractivity contribution is 0.0949. The lowest BCUT2D eigenvalue weighted by atomic mass is 10.0. The summed E-state index contributed by atoms with van der Waals surface area (Å²) in [5, 5.41) is 5.93. The molecule has 0 saturated carbocycles. The lowest BCUT2D eigenvalue weighted by Crippen LogP contribution is -2.32. The Morgan fingerprint density at radius 2 is 2.00 bits per heavy atom. The Morgan fingerprint density at radius 1 is 1.14 bits per heavy atom. The van der Waals surface area contributed by atoms with Crippen LogP contribution in [0.1, 0.15) is 37.2 Å². The fourth-order valence-corrected chi connectivity index (χ4v) is 5.11. The molecule has 0 spiro atoms. The van der Waals surface area contributed by atoms with Crippen molar-refractivity contribution in [3.8, 4) is 0 Å². The molecule has 1 amide bonds. The van der Waals surface area contributed by atoms with Crippen molar-refractivity contribution in [3.05, 3.63) is 115 Å². The van der Waals surface area contributed by atoms with Gasteiger partial charge in [0.2, 0.25) is 0 Å². The normalized spacial score (nSPS) is 14.4. The zero-order valence-electron chi connectivity index (χ0n) is 18.2. The Kier molecular flexibility index (Phi) is 6.12. The molecule has 35 heavy (non-hydrogen) atoms. The molecular formula is C25H19F3N4O2S. The van der Waals surface area contributed by atoms with E-state index in [9.17, 15) is 22.8 Å². The highest BCUT2D eigenvalue weighted by Crippen LogP contribution is 2.38. The third-order valence-electron chi connectivity index (χ3n) is 5.78. The number of hydrogen-bond acceptors (Lipinski definition) is 5. The number of nitrogens with zero attached hydrogens (tertiary/aromatic N) is 2. The van der Waals surface area contributed by atoms with E-state index in [2.05, 4.69) is 15.6 Å². The van der Waals surface area contributed by atoms with Crippen LogP contribution in [-0.4, -0.2) is 22.0 Å². The van der Waals surface area contributed by atoms with E-state index < -0.39 is 23.1 Å². The van der Waals surface area contributed by atoms with Crippen LogP contribution in [0.4, 0.5) is 19.0 Å². The number of fused-ring (bicyclic) bond motifs is 1. The van der Waals surface area contributed by atoms with Gasteiger partial charge in [0.05, 0.1) is 19.3 Å². The molecule has 0 bridgehead atoms.